The molecular weight excluding hydrogens is 294 g/mol. The fraction of sp³-hybridized carbons (Fsp3) is 0.250. The molecule has 0 radical (unpaired) electrons. The number of hydrogen-bond donors (Lipinski definition) is 3. The third-order valence-electron chi connectivity index (χ3n) is 2.97. The van der Waals surface area contributed by atoms with Gasteiger partial charge >= 0.3 is 0 Å². The van der Waals surface area contributed by atoms with E-state index in [-0.39, 0.29) is 11.8 Å². The van der Waals surface area contributed by atoms with Gasteiger partial charge in [-0.1, -0.05) is 18.2 Å². The Hall–Kier alpha value is -2.96. The second kappa shape index (κ2) is 9.14. The lowest BCUT2D eigenvalue weighted by molar-refractivity contribution is -0.120. The molecule has 0 bridgehead atoms. The zero-order valence-corrected chi connectivity index (χ0v) is 12.7. The smallest absolute Gasteiger partial charge is 0.251 e. The van der Waals surface area contributed by atoms with E-state index in [1.165, 1.54) is 0 Å². The summed E-state index contributed by atoms with van der Waals surface area (Å²) in [5.74, 6) is 0.251. The number of benzene rings is 1. The molecule has 23 heavy (non-hydrogen) atoms. The third kappa shape index (κ3) is 6.13. The van der Waals surface area contributed by atoms with E-state index in [0.717, 1.165) is 0 Å². The van der Waals surface area contributed by atoms with Crippen molar-refractivity contribution < 1.29 is 9.59 Å². The molecule has 0 spiro atoms. The molecule has 2 aromatic rings. The van der Waals surface area contributed by atoms with Crippen molar-refractivity contribution in [3.63, 3.8) is 0 Å². The van der Waals surface area contributed by atoms with Gasteiger partial charge in [-0.25, -0.2) is 9.97 Å². The molecule has 0 atom stereocenters. The number of hydrogen-bond acceptors (Lipinski definition) is 5. The van der Waals surface area contributed by atoms with Crippen molar-refractivity contribution in [3.05, 3.63) is 54.4 Å². The Morgan fingerprint density at radius 3 is 2.30 bits per heavy atom. The lowest BCUT2D eigenvalue weighted by atomic mass is 10.2. The highest BCUT2D eigenvalue weighted by molar-refractivity contribution is 5.94. The lowest BCUT2D eigenvalue weighted by Crippen LogP contribution is -2.35. The van der Waals surface area contributed by atoms with Crippen molar-refractivity contribution in [2.24, 2.45) is 0 Å². The highest BCUT2D eigenvalue weighted by Crippen LogP contribution is 1.97. The molecule has 0 saturated carbocycles. The monoisotopic (exact) mass is 313 g/mol. The molecule has 2 amide bonds. The number of aromatic nitrogens is 2. The lowest BCUT2D eigenvalue weighted by Gasteiger charge is -2.08. The molecule has 120 valence electrons. The van der Waals surface area contributed by atoms with Gasteiger partial charge in [-0.15, -0.1) is 0 Å². The molecule has 0 aliphatic carbocycles. The van der Waals surface area contributed by atoms with Gasteiger partial charge in [-0.3, -0.25) is 9.59 Å². The fourth-order valence-corrected chi connectivity index (χ4v) is 1.84. The molecule has 0 aliphatic heterocycles. The Morgan fingerprint density at radius 2 is 1.57 bits per heavy atom. The van der Waals surface area contributed by atoms with Crippen LogP contribution in [0, 0.1) is 0 Å². The number of carbonyl (C=O) groups is 2. The normalized spacial score (nSPS) is 9.91. The third-order valence-corrected chi connectivity index (χ3v) is 2.97. The summed E-state index contributed by atoms with van der Waals surface area (Å²) < 4.78 is 0. The van der Waals surface area contributed by atoms with E-state index < -0.39 is 0 Å². The van der Waals surface area contributed by atoms with Crippen molar-refractivity contribution in [3.8, 4) is 0 Å². The van der Waals surface area contributed by atoms with E-state index in [2.05, 4.69) is 25.9 Å². The van der Waals surface area contributed by atoms with Gasteiger partial charge in [0.2, 0.25) is 11.9 Å². The first-order valence-electron chi connectivity index (χ1n) is 7.36. The summed E-state index contributed by atoms with van der Waals surface area (Å²) in [6.45, 7) is 1.22. The van der Waals surface area contributed by atoms with Crippen LogP contribution in [0.2, 0.25) is 0 Å². The maximum Gasteiger partial charge on any atom is 0.251 e. The average molecular weight is 313 g/mol. The molecule has 0 unspecified atom stereocenters. The van der Waals surface area contributed by atoms with Crippen molar-refractivity contribution >= 4 is 17.8 Å². The number of carbonyl (C=O) groups excluding carboxylic acids is 2. The van der Waals surface area contributed by atoms with Crippen LogP contribution in [-0.2, 0) is 4.79 Å². The van der Waals surface area contributed by atoms with E-state index in [4.69, 9.17) is 0 Å². The molecule has 7 heteroatoms. The quantitative estimate of drug-likeness (QED) is 0.627. The molecule has 7 nitrogen and oxygen atoms in total. The minimum Gasteiger partial charge on any atom is -0.354 e. The Balaban J connectivity index is 1.55. The molecule has 2 rings (SSSR count). The summed E-state index contributed by atoms with van der Waals surface area (Å²) >= 11 is 0. The standard InChI is InChI=1S/C16H19N5O2/c22-14(7-10-21-16-19-8-4-9-20-16)17-11-12-18-15(23)13-5-2-1-3-6-13/h1-6,8-9H,7,10-12H2,(H,17,22)(H,18,23)(H,19,20,21). The van der Waals surface area contributed by atoms with Gasteiger partial charge in [0.25, 0.3) is 5.91 Å². The van der Waals surface area contributed by atoms with Crippen molar-refractivity contribution in [2.75, 3.05) is 25.0 Å². The Labute approximate surface area is 134 Å². The second-order valence-electron chi connectivity index (χ2n) is 4.72. The second-order valence-corrected chi connectivity index (χ2v) is 4.72. The van der Waals surface area contributed by atoms with Crippen LogP contribution in [0.4, 0.5) is 5.95 Å². The highest BCUT2D eigenvalue weighted by atomic mass is 16.2. The van der Waals surface area contributed by atoms with E-state index in [9.17, 15) is 9.59 Å². The van der Waals surface area contributed by atoms with Crippen LogP contribution in [0.5, 0.6) is 0 Å². The first-order valence-corrected chi connectivity index (χ1v) is 7.36. The van der Waals surface area contributed by atoms with E-state index >= 15 is 0 Å². The number of rotatable bonds is 8. The van der Waals surface area contributed by atoms with Crippen LogP contribution >= 0.6 is 0 Å². The van der Waals surface area contributed by atoms with Crippen LogP contribution in [0.15, 0.2) is 48.8 Å². The summed E-state index contributed by atoms with van der Waals surface area (Å²) in [6.07, 6.45) is 3.57. The zero-order valence-electron chi connectivity index (χ0n) is 12.7. The van der Waals surface area contributed by atoms with E-state index in [1.807, 2.05) is 6.07 Å². The van der Waals surface area contributed by atoms with Gasteiger partial charge < -0.3 is 16.0 Å². The van der Waals surface area contributed by atoms with Crippen molar-refractivity contribution in [1.29, 1.82) is 0 Å². The Morgan fingerprint density at radius 1 is 0.870 bits per heavy atom. The molecule has 0 aliphatic rings. The van der Waals surface area contributed by atoms with Gasteiger partial charge in [0, 0.05) is 44.0 Å². The van der Waals surface area contributed by atoms with Gasteiger partial charge in [0.1, 0.15) is 0 Å². The van der Waals surface area contributed by atoms with Crippen LogP contribution < -0.4 is 16.0 Å². The van der Waals surface area contributed by atoms with Crippen molar-refractivity contribution in [2.45, 2.75) is 6.42 Å². The average Bonchev–Trinajstić information content (AvgIpc) is 2.60. The predicted molar refractivity (Wildman–Crippen MR) is 86.9 cm³/mol. The largest absolute Gasteiger partial charge is 0.354 e. The Kier molecular flexibility index (Phi) is 6.52. The highest BCUT2D eigenvalue weighted by Gasteiger charge is 2.04. The predicted octanol–water partition coefficient (Wildman–Crippen LogP) is 0.825. The number of nitrogens with zero attached hydrogens (tertiary/aromatic N) is 2. The van der Waals surface area contributed by atoms with E-state index in [1.54, 1.807) is 42.7 Å². The summed E-state index contributed by atoms with van der Waals surface area (Å²) in [5, 5.41) is 8.44. The summed E-state index contributed by atoms with van der Waals surface area (Å²) in [4.78, 5) is 31.4. The summed E-state index contributed by atoms with van der Waals surface area (Å²) in [6, 6.07) is 10.7. The molecule has 0 fully saturated rings. The number of nitrogens with one attached hydrogen (secondary N) is 3. The Bertz CT molecular complexity index is 619. The van der Waals surface area contributed by atoms with Crippen LogP contribution in [0.1, 0.15) is 16.8 Å². The summed E-state index contributed by atoms with van der Waals surface area (Å²) in [7, 11) is 0. The molecule has 1 aromatic carbocycles. The van der Waals surface area contributed by atoms with Crippen LogP contribution in [0.25, 0.3) is 0 Å². The molecule has 3 N–H and O–H groups in total. The maximum atomic E-state index is 11.8. The van der Waals surface area contributed by atoms with Crippen LogP contribution in [0.3, 0.4) is 0 Å². The molecular formula is C16H19N5O2. The minimum absolute atomic E-state index is 0.0950. The first kappa shape index (κ1) is 16.4. The molecule has 1 heterocycles. The maximum absolute atomic E-state index is 11.8. The zero-order chi connectivity index (χ0) is 16.3. The van der Waals surface area contributed by atoms with Crippen molar-refractivity contribution in [1.82, 2.24) is 20.6 Å². The summed E-state index contributed by atoms with van der Waals surface area (Å²) in [5.41, 5.74) is 0.603. The van der Waals surface area contributed by atoms with Crippen LogP contribution in [-0.4, -0.2) is 41.4 Å². The topological polar surface area (TPSA) is 96.0 Å². The van der Waals surface area contributed by atoms with Gasteiger partial charge in [0.05, 0.1) is 0 Å². The molecule has 1 aromatic heterocycles. The SMILES string of the molecule is O=C(CCNc1ncccn1)NCCNC(=O)c1ccccc1. The van der Waals surface area contributed by atoms with Gasteiger partial charge in [-0.05, 0) is 18.2 Å². The fourth-order valence-electron chi connectivity index (χ4n) is 1.84. The number of amides is 2. The van der Waals surface area contributed by atoms with E-state index in [0.29, 0.717) is 37.6 Å². The first-order chi connectivity index (χ1) is 11.3. The minimum atomic E-state index is -0.150. The number of anilines is 1. The molecule has 0 saturated heterocycles. The van der Waals surface area contributed by atoms with Gasteiger partial charge in [-0.2, -0.15) is 0 Å². The van der Waals surface area contributed by atoms with Gasteiger partial charge in [0.15, 0.2) is 0 Å².